The number of nitrogens with one attached hydrogen (secondary N) is 1. The average molecular weight is 322 g/mol. The molecule has 116 valence electrons. The van der Waals surface area contributed by atoms with Gasteiger partial charge in [0.2, 0.25) is 0 Å². The summed E-state index contributed by atoms with van der Waals surface area (Å²) in [4.78, 5) is 10.3. The zero-order valence-corrected chi connectivity index (χ0v) is 12.3. The van der Waals surface area contributed by atoms with Gasteiger partial charge in [0.15, 0.2) is 0 Å². The highest BCUT2D eigenvalue weighted by Crippen LogP contribution is 2.19. The molecule has 0 heterocycles. The fraction of sp³-hybridized carbons (Fsp3) is 0.133. The lowest BCUT2D eigenvalue weighted by atomic mass is 10.1. The van der Waals surface area contributed by atoms with Crippen LogP contribution < -0.4 is 9.83 Å². The number of hydrogen-bond acceptors (Lipinski definition) is 4. The van der Waals surface area contributed by atoms with Crippen molar-refractivity contribution in [3.05, 3.63) is 59.9 Å². The Kier molecular flexibility index (Phi) is 4.77. The number of para-hydroxylation sites is 1. The maximum Gasteiger partial charge on any atom is 0.261 e. The zero-order chi connectivity index (χ0) is 16.2. The number of carboxylic acids is 1. The van der Waals surface area contributed by atoms with Crippen molar-refractivity contribution in [2.24, 2.45) is 0 Å². The van der Waals surface area contributed by atoms with Gasteiger partial charge < -0.3 is 9.90 Å². The minimum atomic E-state index is -3.90. The van der Waals surface area contributed by atoms with Gasteiger partial charge in [-0.3, -0.25) is 4.72 Å². The Labute approximate surface area is 127 Å². The van der Waals surface area contributed by atoms with Crippen LogP contribution in [0.1, 0.15) is 12.0 Å². The Balaban J connectivity index is 2.16. The molecule has 2 aromatic rings. The lowest BCUT2D eigenvalue weighted by Gasteiger charge is -2.09. The van der Waals surface area contributed by atoms with Crippen LogP contribution in [-0.4, -0.2) is 14.4 Å². The van der Waals surface area contributed by atoms with Gasteiger partial charge in [0.1, 0.15) is 5.82 Å². The lowest BCUT2D eigenvalue weighted by Crippen LogP contribution is -2.22. The molecule has 0 bridgehead atoms. The molecule has 0 aliphatic rings. The van der Waals surface area contributed by atoms with Gasteiger partial charge in [-0.25, -0.2) is 12.8 Å². The van der Waals surface area contributed by atoms with Gasteiger partial charge in [0.25, 0.3) is 10.0 Å². The topological polar surface area (TPSA) is 86.3 Å². The number of aryl methyl sites for hydroxylation is 1. The van der Waals surface area contributed by atoms with Crippen molar-refractivity contribution in [3.8, 4) is 0 Å². The molecule has 0 aliphatic heterocycles. The molecular weight excluding hydrogens is 309 g/mol. The third-order valence-corrected chi connectivity index (χ3v) is 4.35. The monoisotopic (exact) mass is 322 g/mol. The number of carbonyl (C=O) groups excluding carboxylic acids is 1. The van der Waals surface area contributed by atoms with E-state index in [1.54, 1.807) is 0 Å². The normalized spacial score (nSPS) is 11.1. The highest BCUT2D eigenvalue weighted by atomic mass is 32.2. The largest absolute Gasteiger partial charge is 0.550 e. The van der Waals surface area contributed by atoms with Crippen LogP contribution in [0.5, 0.6) is 0 Å². The van der Waals surface area contributed by atoms with Gasteiger partial charge in [-0.1, -0.05) is 24.3 Å². The van der Waals surface area contributed by atoms with Gasteiger partial charge in [-0.15, -0.1) is 0 Å². The Morgan fingerprint density at radius 1 is 1.09 bits per heavy atom. The number of aliphatic carboxylic acids is 1. The molecule has 0 atom stereocenters. The summed E-state index contributed by atoms with van der Waals surface area (Å²) in [7, 11) is -3.90. The number of anilines is 1. The fourth-order valence-electron chi connectivity index (χ4n) is 1.83. The van der Waals surface area contributed by atoms with Crippen LogP contribution in [0.2, 0.25) is 0 Å². The van der Waals surface area contributed by atoms with Crippen molar-refractivity contribution in [2.45, 2.75) is 17.7 Å². The van der Waals surface area contributed by atoms with Crippen LogP contribution in [0.15, 0.2) is 53.4 Å². The van der Waals surface area contributed by atoms with Crippen molar-refractivity contribution in [3.63, 3.8) is 0 Å². The smallest absolute Gasteiger partial charge is 0.261 e. The number of sulfonamides is 1. The highest BCUT2D eigenvalue weighted by Gasteiger charge is 2.15. The molecule has 0 saturated carbocycles. The van der Waals surface area contributed by atoms with Gasteiger partial charge in [-0.05, 0) is 42.7 Å². The molecule has 0 aromatic heterocycles. The van der Waals surface area contributed by atoms with Crippen LogP contribution in [0.3, 0.4) is 0 Å². The maximum atomic E-state index is 13.5. The van der Waals surface area contributed by atoms with Crippen LogP contribution >= 0.6 is 0 Å². The van der Waals surface area contributed by atoms with Crippen molar-refractivity contribution in [1.29, 1.82) is 0 Å². The van der Waals surface area contributed by atoms with E-state index in [0.29, 0.717) is 5.56 Å². The summed E-state index contributed by atoms with van der Waals surface area (Å²) in [5.41, 5.74) is 0.539. The standard InChI is InChI=1S/C15H14FNO4S/c16-13-3-1-2-4-14(13)17-22(20,21)12-8-5-11(6-9-12)7-10-15(18)19/h1-6,8-9,17H,7,10H2,(H,18,19)/p-1. The SMILES string of the molecule is O=C([O-])CCc1ccc(S(=O)(=O)Nc2ccccc2F)cc1. The number of carbonyl (C=O) groups is 1. The Morgan fingerprint density at radius 3 is 2.32 bits per heavy atom. The van der Waals surface area contributed by atoms with E-state index in [9.17, 15) is 22.7 Å². The summed E-state index contributed by atoms with van der Waals surface area (Å²) >= 11 is 0. The summed E-state index contributed by atoms with van der Waals surface area (Å²) in [6.45, 7) is 0. The first-order valence-corrected chi connectivity index (χ1v) is 7.93. The Morgan fingerprint density at radius 2 is 1.73 bits per heavy atom. The molecule has 22 heavy (non-hydrogen) atoms. The quantitative estimate of drug-likeness (QED) is 0.869. The minimum absolute atomic E-state index is 0.0343. The summed E-state index contributed by atoms with van der Waals surface area (Å²) in [6, 6.07) is 11.2. The van der Waals surface area contributed by atoms with Gasteiger partial charge in [0, 0.05) is 5.97 Å². The fourth-order valence-corrected chi connectivity index (χ4v) is 2.90. The van der Waals surface area contributed by atoms with Crippen LogP contribution in [-0.2, 0) is 21.2 Å². The number of halogens is 1. The maximum absolute atomic E-state index is 13.5. The predicted molar refractivity (Wildman–Crippen MR) is 77.0 cm³/mol. The zero-order valence-electron chi connectivity index (χ0n) is 11.5. The number of carboxylic acid groups (broad SMARTS) is 1. The van der Waals surface area contributed by atoms with E-state index < -0.39 is 21.8 Å². The van der Waals surface area contributed by atoms with Crippen LogP contribution in [0, 0.1) is 5.82 Å². The van der Waals surface area contributed by atoms with Gasteiger partial charge in [0.05, 0.1) is 10.6 Å². The first-order chi connectivity index (χ1) is 10.4. The number of hydrogen-bond donors (Lipinski definition) is 1. The van der Waals surface area contributed by atoms with Crippen molar-refractivity contribution >= 4 is 21.7 Å². The van der Waals surface area contributed by atoms with Gasteiger partial charge in [-0.2, -0.15) is 0 Å². The minimum Gasteiger partial charge on any atom is -0.550 e. The van der Waals surface area contributed by atoms with Crippen molar-refractivity contribution in [1.82, 2.24) is 0 Å². The Bertz CT molecular complexity index is 772. The highest BCUT2D eigenvalue weighted by molar-refractivity contribution is 7.92. The second-order valence-electron chi connectivity index (χ2n) is 4.60. The lowest BCUT2D eigenvalue weighted by molar-refractivity contribution is -0.305. The molecule has 2 aromatic carbocycles. The molecule has 0 aliphatic carbocycles. The van der Waals surface area contributed by atoms with E-state index in [1.807, 2.05) is 0 Å². The molecule has 5 nitrogen and oxygen atoms in total. The van der Waals surface area contributed by atoms with Crippen LogP contribution in [0.25, 0.3) is 0 Å². The van der Waals surface area contributed by atoms with Crippen molar-refractivity contribution < 1.29 is 22.7 Å². The molecule has 0 radical (unpaired) electrons. The van der Waals surface area contributed by atoms with E-state index in [2.05, 4.69) is 4.72 Å². The molecule has 0 spiro atoms. The summed E-state index contributed by atoms with van der Waals surface area (Å²) in [5.74, 6) is -1.84. The third-order valence-electron chi connectivity index (χ3n) is 2.97. The van der Waals surface area contributed by atoms with Gasteiger partial charge >= 0.3 is 0 Å². The molecule has 0 saturated heterocycles. The summed E-state index contributed by atoms with van der Waals surface area (Å²) < 4.78 is 40.0. The molecule has 2 rings (SSSR count). The third kappa shape index (κ3) is 4.05. The summed E-state index contributed by atoms with van der Waals surface area (Å²) in [6.07, 6.45) is 0.114. The predicted octanol–water partition coefficient (Wildman–Crippen LogP) is 1.31. The molecule has 0 amide bonds. The van der Waals surface area contributed by atoms with E-state index in [1.165, 1.54) is 42.5 Å². The van der Waals surface area contributed by atoms with E-state index in [0.717, 1.165) is 6.07 Å². The second-order valence-corrected chi connectivity index (χ2v) is 6.28. The molecule has 0 unspecified atom stereocenters. The first kappa shape index (κ1) is 16.0. The average Bonchev–Trinajstić information content (AvgIpc) is 2.48. The summed E-state index contributed by atoms with van der Waals surface area (Å²) in [5, 5.41) is 10.4. The molecular formula is C15H13FNO4S-. The molecule has 0 fully saturated rings. The molecule has 7 heteroatoms. The Hall–Kier alpha value is -2.41. The number of rotatable bonds is 6. The van der Waals surface area contributed by atoms with Crippen LogP contribution in [0.4, 0.5) is 10.1 Å². The second kappa shape index (κ2) is 6.57. The number of benzene rings is 2. The van der Waals surface area contributed by atoms with E-state index in [-0.39, 0.29) is 23.4 Å². The van der Waals surface area contributed by atoms with E-state index in [4.69, 9.17) is 0 Å². The first-order valence-electron chi connectivity index (χ1n) is 6.44. The van der Waals surface area contributed by atoms with Crippen molar-refractivity contribution in [2.75, 3.05) is 4.72 Å². The van der Waals surface area contributed by atoms with E-state index >= 15 is 0 Å². The molecule has 1 N–H and O–H groups in total.